The number of hydrogen-bond donors (Lipinski definition) is 3. The molecule has 0 radical (unpaired) electrons. The van der Waals surface area contributed by atoms with Gasteiger partial charge >= 0.3 is 0 Å². The minimum atomic E-state index is -2.43. The lowest BCUT2D eigenvalue weighted by atomic mass is 9.83. The molecular weight excluding hydrogens is 428 g/mol. The first kappa shape index (κ1) is 21.0. The van der Waals surface area contributed by atoms with Crippen molar-refractivity contribution in [2.75, 3.05) is 46.3 Å². The van der Waals surface area contributed by atoms with Gasteiger partial charge in [0.25, 0.3) is 0 Å². The summed E-state index contributed by atoms with van der Waals surface area (Å²) in [6.07, 6.45) is 5.89. The monoisotopic (exact) mass is 454 g/mol. The van der Waals surface area contributed by atoms with Gasteiger partial charge in [-0.3, -0.25) is 13.9 Å². The number of nitriles is 1. The van der Waals surface area contributed by atoms with Crippen molar-refractivity contribution in [1.82, 2.24) is 9.97 Å². The molecule has 0 aromatic carbocycles. The Morgan fingerprint density at radius 1 is 1.09 bits per heavy atom. The highest BCUT2D eigenvalue weighted by Gasteiger charge is 2.56. The summed E-state index contributed by atoms with van der Waals surface area (Å²) in [6, 6.07) is 9.71. The van der Waals surface area contributed by atoms with Gasteiger partial charge in [-0.25, -0.2) is 9.97 Å². The SMILES string of the molecule is N#C[C@@]1(C2CC2)CCN(c2ccnc(Nc3ccc(N4CCS(O)(O)CC4)cn3)c2)C1=O. The number of hydrogen-bond acceptors (Lipinski definition) is 8. The molecule has 0 bridgehead atoms. The molecule has 10 heteroatoms. The Labute approximate surface area is 188 Å². The Kier molecular flexibility index (Phi) is 5.20. The molecule has 2 aromatic heterocycles. The minimum absolute atomic E-state index is 0.0970. The zero-order valence-electron chi connectivity index (χ0n) is 17.6. The fourth-order valence-corrected chi connectivity index (χ4v) is 5.78. The van der Waals surface area contributed by atoms with Crippen LogP contribution in [-0.2, 0) is 4.79 Å². The third kappa shape index (κ3) is 3.88. The molecule has 3 aliphatic rings. The van der Waals surface area contributed by atoms with Crippen molar-refractivity contribution in [3.63, 3.8) is 0 Å². The third-order valence-electron chi connectivity index (χ3n) is 6.63. The average Bonchev–Trinajstić information content (AvgIpc) is 3.58. The molecule has 1 amide bonds. The van der Waals surface area contributed by atoms with Crippen LogP contribution in [0, 0.1) is 22.7 Å². The Morgan fingerprint density at radius 3 is 2.53 bits per heavy atom. The molecule has 0 spiro atoms. The highest BCUT2D eigenvalue weighted by Crippen LogP contribution is 2.52. The molecule has 32 heavy (non-hydrogen) atoms. The van der Waals surface area contributed by atoms with Crippen LogP contribution >= 0.6 is 10.6 Å². The molecule has 5 rings (SSSR count). The van der Waals surface area contributed by atoms with Crippen molar-refractivity contribution < 1.29 is 13.9 Å². The zero-order valence-corrected chi connectivity index (χ0v) is 18.5. The smallest absolute Gasteiger partial charge is 0.247 e. The standard InChI is InChI=1S/C22H26N6O3S/c23-15-22(16-1-2-16)6-8-28(21(22)29)17-5-7-24-20(13-17)26-19-4-3-18(14-25-19)27-9-11-32(30,31)12-10-27/h3-5,7,13-14,16,30-31H,1-2,6,8-12H2,(H,24,25,26)/t22-/m1/s1. The topological polar surface area (TPSA) is 126 Å². The van der Waals surface area contributed by atoms with Crippen LogP contribution in [0.5, 0.6) is 0 Å². The summed E-state index contributed by atoms with van der Waals surface area (Å²) >= 11 is 0. The molecule has 2 aliphatic heterocycles. The Bertz CT molecular complexity index is 1060. The maximum atomic E-state index is 13.1. The first-order chi connectivity index (χ1) is 15.4. The number of nitrogens with zero attached hydrogens (tertiary/aromatic N) is 5. The third-order valence-corrected chi connectivity index (χ3v) is 8.30. The molecule has 168 valence electrons. The van der Waals surface area contributed by atoms with Gasteiger partial charge in [0.05, 0.1) is 29.5 Å². The Hall–Kier alpha value is -2.87. The fraction of sp³-hybridized carbons (Fsp3) is 0.455. The molecule has 2 saturated heterocycles. The summed E-state index contributed by atoms with van der Waals surface area (Å²) < 4.78 is 19.6. The predicted molar refractivity (Wildman–Crippen MR) is 124 cm³/mol. The van der Waals surface area contributed by atoms with Crippen molar-refractivity contribution in [3.8, 4) is 6.07 Å². The van der Waals surface area contributed by atoms with E-state index in [1.54, 1.807) is 23.4 Å². The van der Waals surface area contributed by atoms with Crippen LogP contribution in [0.15, 0.2) is 36.7 Å². The van der Waals surface area contributed by atoms with Crippen LogP contribution in [0.25, 0.3) is 0 Å². The summed E-state index contributed by atoms with van der Waals surface area (Å²) in [7, 11) is -2.43. The van der Waals surface area contributed by atoms with E-state index < -0.39 is 16.0 Å². The summed E-state index contributed by atoms with van der Waals surface area (Å²) in [5.41, 5.74) is 0.799. The molecule has 2 aromatic rings. The van der Waals surface area contributed by atoms with Gasteiger partial charge < -0.3 is 15.1 Å². The number of aromatic nitrogens is 2. The van der Waals surface area contributed by atoms with Gasteiger partial charge in [0.15, 0.2) is 0 Å². The predicted octanol–water partition coefficient (Wildman–Crippen LogP) is 3.45. The number of nitrogens with one attached hydrogen (secondary N) is 1. The highest BCUT2D eigenvalue weighted by molar-refractivity contribution is 8.24. The minimum Gasteiger partial charge on any atom is -0.367 e. The summed E-state index contributed by atoms with van der Waals surface area (Å²) in [5.74, 6) is 2.06. The van der Waals surface area contributed by atoms with E-state index in [2.05, 4.69) is 26.3 Å². The molecule has 3 fully saturated rings. The lowest BCUT2D eigenvalue weighted by molar-refractivity contribution is -0.123. The van der Waals surface area contributed by atoms with Crippen molar-refractivity contribution in [1.29, 1.82) is 5.26 Å². The van der Waals surface area contributed by atoms with Gasteiger partial charge in [0.2, 0.25) is 5.91 Å². The lowest BCUT2D eigenvalue weighted by Gasteiger charge is -2.41. The van der Waals surface area contributed by atoms with Crippen molar-refractivity contribution in [2.45, 2.75) is 19.3 Å². The van der Waals surface area contributed by atoms with Crippen LogP contribution in [0.4, 0.5) is 23.0 Å². The van der Waals surface area contributed by atoms with Crippen molar-refractivity contribution in [3.05, 3.63) is 36.7 Å². The first-order valence-electron chi connectivity index (χ1n) is 10.8. The van der Waals surface area contributed by atoms with E-state index in [-0.39, 0.29) is 11.8 Å². The second kappa shape index (κ2) is 7.92. The van der Waals surface area contributed by atoms with Gasteiger partial charge in [-0.2, -0.15) is 15.9 Å². The number of rotatable bonds is 5. The average molecular weight is 455 g/mol. The van der Waals surface area contributed by atoms with E-state index in [1.807, 2.05) is 18.2 Å². The van der Waals surface area contributed by atoms with Gasteiger partial charge in [0, 0.05) is 37.6 Å². The maximum absolute atomic E-state index is 13.1. The molecule has 1 saturated carbocycles. The van der Waals surface area contributed by atoms with Crippen LogP contribution < -0.4 is 15.1 Å². The molecule has 9 nitrogen and oxygen atoms in total. The zero-order chi connectivity index (χ0) is 22.3. The van der Waals surface area contributed by atoms with Crippen molar-refractivity contribution >= 4 is 39.5 Å². The van der Waals surface area contributed by atoms with E-state index in [0.29, 0.717) is 49.2 Å². The van der Waals surface area contributed by atoms with E-state index in [9.17, 15) is 19.2 Å². The lowest BCUT2D eigenvalue weighted by Crippen LogP contribution is -2.38. The molecule has 3 N–H and O–H groups in total. The van der Waals surface area contributed by atoms with E-state index in [4.69, 9.17) is 0 Å². The summed E-state index contributed by atoms with van der Waals surface area (Å²) in [5, 5.41) is 12.9. The first-order valence-corrected chi connectivity index (χ1v) is 12.7. The molecule has 0 unspecified atom stereocenters. The fourth-order valence-electron chi connectivity index (χ4n) is 4.55. The van der Waals surface area contributed by atoms with E-state index >= 15 is 0 Å². The van der Waals surface area contributed by atoms with Crippen molar-refractivity contribution in [2.24, 2.45) is 11.3 Å². The molecule has 1 aliphatic carbocycles. The molecular formula is C22H26N6O3S. The van der Waals surface area contributed by atoms with Crippen LogP contribution in [0.3, 0.4) is 0 Å². The summed E-state index contributed by atoms with van der Waals surface area (Å²) in [4.78, 5) is 25.7. The molecule has 4 heterocycles. The number of carbonyl (C=O) groups excluding carboxylic acids is 1. The largest absolute Gasteiger partial charge is 0.367 e. The number of amides is 1. The van der Waals surface area contributed by atoms with Gasteiger partial charge in [-0.05, 0) is 43.4 Å². The Balaban J connectivity index is 1.27. The second-order valence-electron chi connectivity index (χ2n) is 8.69. The number of pyridine rings is 2. The van der Waals surface area contributed by atoms with Gasteiger partial charge in [-0.15, -0.1) is 0 Å². The van der Waals surface area contributed by atoms with Crippen LogP contribution in [0.1, 0.15) is 19.3 Å². The summed E-state index contributed by atoms with van der Waals surface area (Å²) in [6.45, 7) is 1.73. The van der Waals surface area contributed by atoms with Gasteiger partial charge in [-0.1, -0.05) is 0 Å². The maximum Gasteiger partial charge on any atom is 0.247 e. The van der Waals surface area contributed by atoms with Crippen LogP contribution in [-0.4, -0.2) is 56.1 Å². The van der Waals surface area contributed by atoms with E-state index in [1.165, 1.54) is 0 Å². The molecule has 1 atom stereocenters. The van der Waals surface area contributed by atoms with Gasteiger partial charge in [0.1, 0.15) is 17.1 Å². The second-order valence-corrected chi connectivity index (χ2v) is 11.1. The normalized spacial score (nSPS) is 26.0. The highest BCUT2D eigenvalue weighted by atomic mass is 32.3. The Morgan fingerprint density at radius 2 is 1.88 bits per heavy atom. The quantitative estimate of drug-likeness (QED) is 0.627. The van der Waals surface area contributed by atoms with Crippen LogP contribution in [0.2, 0.25) is 0 Å². The number of anilines is 4. The number of carbonyl (C=O) groups is 1. The van der Waals surface area contributed by atoms with E-state index in [0.717, 1.165) is 24.2 Å².